The second-order valence-corrected chi connectivity index (χ2v) is 6.45. The third-order valence-corrected chi connectivity index (χ3v) is 4.37. The first-order valence-electron chi connectivity index (χ1n) is 7.53. The van der Waals surface area contributed by atoms with Crippen molar-refractivity contribution in [2.75, 3.05) is 4.90 Å². The summed E-state index contributed by atoms with van der Waals surface area (Å²) >= 11 is 7.29. The van der Waals surface area contributed by atoms with Crippen LogP contribution >= 0.6 is 22.9 Å². The molecule has 0 aliphatic carbocycles. The molecule has 3 aromatic rings. The topological polar surface area (TPSA) is 90.4 Å². The number of hydrazone groups is 1. The molecule has 0 aliphatic heterocycles. The Kier molecular flexibility index (Phi) is 5.45. The van der Waals surface area contributed by atoms with Crippen molar-refractivity contribution >= 4 is 51.8 Å². The Morgan fingerprint density at radius 3 is 2.88 bits per heavy atom. The smallest absolute Gasteiger partial charge is 0.287 e. The molecule has 26 heavy (non-hydrogen) atoms. The maximum absolute atomic E-state index is 12.1. The highest BCUT2D eigenvalue weighted by molar-refractivity contribution is 7.14. The van der Waals surface area contributed by atoms with Gasteiger partial charge in [0, 0.05) is 23.5 Å². The zero-order valence-electron chi connectivity index (χ0n) is 13.6. The summed E-state index contributed by atoms with van der Waals surface area (Å²) in [5, 5.41) is 6.62. The predicted octanol–water partition coefficient (Wildman–Crippen LogP) is 3.57. The third kappa shape index (κ3) is 4.16. The normalized spacial score (nSPS) is 10.8. The molecule has 2 aromatic heterocycles. The Labute approximate surface area is 158 Å². The lowest BCUT2D eigenvalue weighted by atomic mass is 10.3. The fourth-order valence-electron chi connectivity index (χ4n) is 2.17. The van der Waals surface area contributed by atoms with E-state index < -0.39 is 0 Å². The minimum Gasteiger partial charge on any atom is -0.357 e. The van der Waals surface area contributed by atoms with Gasteiger partial charge in [0.2, 0.25) is 5.91 Å². The highest BCUT2D eigenvalue weighted by Gasteiger charge is 2.17. The molecule has 0 fully saturated rings. The molecule has 2 heterocycles. The summed E-state index contributed by atoms with van der Waals surface area (Å²) in [6.45, 7) is 1.45. The van der Waals surface area contributed by atoms with Gasteiger partial charge in [0.1, 0.15) is 5.69 Å². The van der Waals surface area contributed by atoms with Gasteiger partial charge in [-0.3, -0.25) is 14.5 Å². The van der Waals surface area contributed by atoms with Crippen LogP contribution in [0.3, 0.4) is 0 Å². The summed E-state index contributed by atoms with van der Waals surface area (Å²) in [4.78, 5) is 32.5. The molecule has 9 heteroatoms. The molecule has 0 unspecified atom stereocenters. The molecule has 0 saturated carbocycles. The molecular weight excluding hydrogens is 374 g/mol. The van der Waals surface area contributed by atoms with Gasteiger partial charge in [0.15, 0.2) is 5.13 Å². The molecule has 7 nitrogen and oxygen atoms in total. The van der Waals surface area contributed by atoms with E-state index in [1.165, 1.54) is 29.4 Å². The van der Waals surface area contributed by atoms with E-state index in [2.05, 4.69) is 20.5 Å². The maximum Gasteiger partial charge on any atom is 0.287 e. The Balaban J connectivity index is 1.74. The fourth-order valence-corrected chi connectivity index (χ4v) is 3.19. The van der Waals surface area contributed by atoms with Gasteiger partial charge >= 0.3 is 0 Å². The van der Waals surface area contributed by atoms with E-state index in [4.69, 9.17) is 11.6 Å². The Morgan fingerprint density at radius 1 is 1.35 bits per heavy atom. The van der Waals surface area contributed by atoms with Gasteiger partial charge in [-0.15, -0.1) is 11.3 Å². The Morgan fingerprint density at radius 2 is 2.19 bits per heavy atom. The second kappa shape index (κ2) is 7.94. The van der Waals surface area contributed by atoms with Gasteiger partial charge in [-0.25, -0.2) is 10.4 Å². The Bertz CT molecular complexity index is 952. The second-order valence-electron chi connectivity index (χ2n) is 5.17. The number of amides is 2. The lowest BCUT2D eigenvalue weighted by molar-refractivity contribution is -0.115. The summed E-state index contributed by atoms with van der Waals surface area (Å²) in [5.41, 5.74) is 3.95. The van der Waals surface area contributed by atoms with Crippen LogP contribution in [0.1, 0.15) is 23.1 Å². The number of hydrogen-bond donors (Lipinski definition) is 2. The van der Waals surface area contributed by atoms with Crippen LogP contribution in [0.4, 0.5) is 10.8 Å². The number of carbonyl (C=O) groups excluding carboxylic acids is 2. The average molecular weight is 388 g/mol. The number of thiazole rings is 1. The zero-order chi connectivity index (χ0) is 18.5. The lowest BCUT2D eigenvalue weighted by Gasteiger charge is -2.18. The van der Waals surface area contributed by atoms with E-state index in [1.807, 2.05) is 0 Å². The molecule has 2 amide bonds. The minimum absolute atomic E-state index is 0.190. The lowest BCUT2D eigenvalue weighted by Crippen LogP contribution is -2.22. The van der Waals surface area contributed by atoms with Gasteiger partial charge in [0.05, 0.1) is 17.6 Å². The number of aromatic nitrogens is 2. The first-order chi connectivity index (χ1) is 12.5. The van der Waals surface area contributed by atoms with Crippen molar-refractivity contribution in [2.45, 2.75) is 6.92 Å². The molecule has 0 saturated heterocycles. The molecule has 0 atom stereocenters. The summed E-state index contributed by atoms with van der Waals surface area (Å²) < 4.78 is 0. The van der Waals surface area contributed by atoms with E-state index in [0.717, 1.165) is 0 Å². The van der Waals surface area contributed by atoms with Crippen LogP contribution in [0, 0.1) is 0 Å². The number of rotatable bonds is 5. The van der Waals surface area contributed by atoms with Crippen molar-refractivity contribution in [3.8, 4) is 0 Å². The molecule has 132 valence electrons. The van der Waals surface area contributed by atoms with Gasteiger partial charge in [-0.05, 0) is 30.3 Å². The number of anilines is 2. The van der Waals surface area contributed by atoms with Crippen LogP contribution in [0.25, 0.3) is 0 Å². The van der Waals surface area contributed by atoms with Crippen LogP contribution in [-0.4, -0.2) is 28.0 Å². The van der Waals surface area contributed by atoms with Crippen LogP contribution in [0.2, 0.25) is 5.02 Å². The third-order valence-electron chi connectivity index (χ3n) is 3.29. The van der Waals surface area contributed by atoms with Crippen molar-refractivity contribution in [1.29, 1.82) is 0 Å². The Hall–Kier alpha value is -2.97. The molecule has 0 radical (unpaired) electrons. The summed E-state index contributed by atoms with van der Waals surface area (Å²) in [7, 11) is 0. The van der Waals surface area contributed by atoms with Crippen molar-refractivity contribution in [3.05, 3.63) is 64.4 Å². The number of nitrogens with zero attached hydrogens (tertiary/aromatic N) is 3. The summed E-state index contributed by atoms with van der Waals surface area (Å²) in [6.07, 6.45) is 3.06. The molecule has 3 rings (SSSR count). The maximum atomic E-state index is 12.1. The standard InChI is InChI=1S/C17H14ClN5O2S/c1-11(24)23(14-5-2-4-12(18)8-14)17-21-13(10-26-17)9-20-22-16(25)15-6-3-7-19-15/h2-10,19H,1H3,(H,22,25)/b20-9-. The fraction of sp³-hybridized carbons (Fsp3) is 0.0588. The number of nitrogens with one attached hydrogen (secondary N) is 2. The summed E-state index contributed by atoms with van der Waals surface area (Å²) in [5.74, 6) is -0.545. The van der Waals surface area contributed by atoms with Gasteiger partial charge in [-0.1, -0.05) is 17.7 Å². The number of carbonyl (C=O) groups is 2. The first kappa shape index (κ1) is 17.8. The predicted molar refractivity (Wildman–Crippen MR) is 102 cm³/mol. The van der Waals surface area contributed by atoms with E-state index >= 15 is 0 Å². The number of aromatic amines is 1. The minimum atomic E-state index is -0.356. The quantitative estimate of drug-likeness (QED) is 0.518. The van der Waals surface area contributed by atoms with Crippen LogP contribution in [0.5, 0.6) is 0 Å². The van der Waals surface area contributed by atoms with Crippen LogP contribution in [0.15, 0.2) is 53.1 Å². The van der Waals surface area contributed by atoms with E-state index in [1.54, 1.807) is 48.0 Å². The van der Waals surface area contributed by atoms with Crippen molar-refractivity contribution in [1.82, 2.24) is 15.4 Å². The van der Waals surface area contributed by atoms with E-state index in [-0.39, 0.29) is 11.8 Å². The van der Waals surface area contributed by atoms with Crippen molar-refractivity contribution < 1.29 is 9.59 Å². The molecule has 0 bridgehead atoms. The van der Waals surface area contributed by atoms with Gasteiger partial charge in [0.25, 0.3) is 5.91 Å². The first-order valence-corrected chi connectivity index (χ1v) is 8.79. The molecule has 0 spiro atoms. The molecular formula is C17H14ClN5O2S. The van der Waals surface area contributed by atoms with Crippen LogP contribution < -0.4 is 10.3 Å². The number of halogens is 1. The van der Waals surface area contributed by atoms with Gasteiger partial charge < -0.3 is 4.98 Å². The van der Waals surface area contributed by atoms with Crippen molar-refractivity contribution in [3.63, 3.8) is 0 Å². The largest absolute Gasteiger partial charge is 0.357 e. The van der Waals surface area contributed by atoms with Gasteiger partial charge in [-0.2, -0.15) is 5.10 Å². The highest BCUT2D eigenvalue weighted by atomic mass is 35.5. The number of benzene rings is 1. The van der Waals surface area contributed by atoms with Crippen LogP contribution in [-0.2, 0) is 4.79 Å². The molecule has 2 N–H and O–H groups in total. The molecule has 1 aromatic carbocycles. The number of H-pyrrole nitrogens is 1. The van der Waals surface area contributed by atoms with E-state index in [0.29, 0.717) is 27.2 Å². The average Bonchev–Trinajstić information content (AvgIpc) is 3.27. The SMILES string of the molecule is CC(=O)N(c1cccc(Cl)c1)c1nc(/C=N\NC(=O)c2ccc[nH]2)cs1. The van der Waals surface area contributed by atoms with Crippen molar-refractivity contribution in [2.24, 2.45) is 5.10 Å². The summed E-state index contributed by atoms with van der Waals surface area (Å²) in [6, 6.07) is 10.3. The molecule has 0 aliphatic rings. The number of hydrogen-bond acceptors (Lipinski definition) is 5. The zero-order valence-corrected chi connectivity index (χ0v) is 15.2. The monoisotopic (exact) mass is 387 g/mol. The van der Waals surface area contributed by atoms with E-state index in [9.17, 15) is 9.59 Å². The highest BCUT2D eigenvalue weighted by Crippen LogP contribution is 2.30.